The summed E-state index contributed by atoms with van der Waals surface area (Å²) in [6.07, 6.45) is -0.354. The SMILES string of the molecule is CC(C)NC[C@@H](O)CNc1ccccc1. The summed E-state index contributed by atoms with van der Waals surface area (Å²) in [6, 6.07) is 10.3. The molecule has 0 aliphatic carbocycles. The van der Waals surface area contributed by atoms with E-state index in [-0.39, 0.29) is 6.10 Å². The number of hydrogen-bond donors (Lipinski definition) is 3. The van der Waals surface area contributed by atoms with E-state index < -0.39 is 0 Å². The molecule has 0 amide bonds. The van der Waals surface area contributed by atoms with Crippen molar-refractivity contribution in [2.24, 2.45) is 0 Å². The highest BCUT2D eigenvalue weighted by Crippen LogP contribution is 2.04. The minimum absolute atomic E-state index is 0.354. The Morgan fingerprint density at radius 2 is 1.80 bits per heavy atom. The summed E-state index contributed by atoms with van der Waals surface area (Å²) in [4.78, 5) is 0. The summed E-state index contributed by atoms with van der Waals surface area (Å²) >= 11 is 0. The molecule has 0 unspecified atom stereocenters. The van der Waals surface area contributed by atoms with Crippen LogP contribution in [-0.2, 0) is 0 Å². The van der Waals surface area contributed by atoms with Gasteiger partial charge in [-0.3, -0.25) is 0 Å². The van der Waals surface area contributed by atoms with E-state index in [1.807, 2.05) is 30.3 Å². The van der Waals surface area contributed by atoms with E-state index in [2.05, 4.69) is 24.5 Å². The summed E-state index contributed by atoms with van der Waals surface area (Å²) in [5, 5.41) is 16.0. The van der Waals surface area contributed by atoms with Gasteiger partial charge in [0.05, 0.1) is 6.10 Å². The molecule has 1 atom stereocenters. The molecule has 0 aliphatic rings. The van der Waals surface area contributed by atoms with Crippen molar-refractivity contribution in [2.75, 3.05) is 18.4 Å². The van der Waals surface area contributed by atoms with Gasteiger partial charge in [0.25, 0.3) is 0 Å². The lowest BCUT2D eigenvalue weighted by Gasteiger charge is -2.15. The molecule has 3 N–H and O–H groups in total. The lowest BCUT2D eigenvalue weighted by molar-refractivity contribution is 0.181. The molecule has 0 spiro atoms. The Bertz CT molecular complexity index is 262. The maximum Gasteiger partial charge on any atom is 0.0836 e. The van der Waals surface area contributed by atoms with Gasteiger partial charge in [-0.15, -0.1) is 0 Å². The maximum absolute atomic E-state index is 9.63. The van der Waals surface area contributed by atoms with Crippen molar-refractivity contribution >= 4 is 5.69 Å². The summed E-state index contributed by atoms with van der Waals surface area (Å²) < 4.78 is 0. The first-order valence-corrected chi connectivity index (χ1v) is 5.39. The second-order valence-corrected chi connectivity index (χ2v) is 3.96. The van der Waals surface area contributed by atoms with E-state index in [0.717, 1.165) is 5.69 Å². The Hall–Kier alpha value is -1.06. The van der Waals surface area contributed by atoms with Crippen LogP contribution in [0, 0.1) is 0 Å². The molecule has 0 fully saturated rings. The fourth-order valence-electron chi connectivity index (χ4n) is 1.24. The minimum atomic E-state index is -0.354. The molecular weight excluding hydrogens is 188 g/mol. The van der Waals surface area contributed by atoms with Gasteiger partial charge in [-0.1, -0.05) is 32.0 Å². The Morgan fingerprint density at radius 3 is 2.40 bits per heavy atom. The summed E-state index contributed by atoms with van der Waals surface area (Å²) in [6.45, 7) is 5.33. The molecule has 1 aromatic rings. The lowest BCUT2D eigenvalue weighted by Crippen LogP contribution is -2.35. The molecule has 1 rings (SSSR count). The third-order valence-electron chi connectivity index (χ3n) is 2.08. The van der Waals surface area contributed by atoms with Crippen LogP contribution in [0.4, 0.5) is 5.69 Å². The van der Waals surface area contributed by atoms with Crippen LogP contribution in [0.1, 0.15) is 13.8 Å². The smallest absolute Gasteiger partial charge is 0.0836 e. The molecule has 0 bridgehead atoms. The fourth-order valence-corrected chi connectivity index (χ4v) is 1.24. The van der Waals surface area contributed by atoms with Crippen LogP contribution in [0.25, 0.3) is 0 Å². The lowest BCUT2D eigenvalue weighted by atomic mass is 10.3. The summed E-state index contributed by atoms with van der Waals surface area (Å²) in [5.74, 6) is 0. The van der Waals surface area contributed by atoms with Gasteiger partial charge in [0.15, 0.2) is 0 Å². The largest absolute Gasteiger partial charge is 0.390 e. The van der Waals surface area contributed by atoms with Crippen LogP contribution >= 0.6 is 0 Å². The predicted octanol–water partition coefficient (Wildman–Crippen LogP) is 1.46. The van der Waals surface area contributed by atoms with Gasteiger partial charge in [0, 0.05) is 24.8 Å². The first-order valence-electron chi connectivity index (χ1n) is 5.39. The van der Waals surface area contributed by atoms with Crippen molar-refractivity contribution in [3.05, 3.63) is 30.3 Å². The Labute approximate surface area is 91.5 Å². The standard InChI is InChI=1S/C12H20N2O/c1-10(2)13-8-12(15)9-14-11-6-4-3-5-7-11/h3-7,10,12-15H,8-9H2,1-2H3/t12-/m1/s1. The van der Waals surface area contributed by atoms with Crippen LogP contribution in [0.5, 0.6) is 0 Å². The van der Waals surface area contributed by atoms with E-state index in [4.69, 9.17) is 0 Å². The van der Waals surface area contributed by atoms with Crippen molar-refractivity contribution in [3.63, 3.8) is 0 Å². The topological polar surface area (TPSA) is 44.3 Å². The average molecular weight is 208 g/mol. The first kappa shape index (κ1) is 12.0. The van der Waals surface area contributed by atoms with E-state index in [9.17, 15) is 5.11 Å². The number of nitrogens with one attached hydrogen (secondary N) is 2. The third kappa shape index (κ3) is 5.40. The van der Waals surface area contributed by atoms with Crippen molar-refractivity contribution < 1.29 is 5.11 Å². The zero-order valence-electron chi connectivity index (χ0n) is 9.40. The molecule has 0 aromatic heterocycles. The molecular formula is C12H20N2O. The molecule has 3 heteroatoms. The Morgan fingerprint density at radius 1 is 1.13 bits per heavy atom. The van der Waals surface area contributed by atoms with E-state index in [1.54, 1.807) is 0 Å². The van der Waals surface area contributed by atoms with Crippen LogP contribution in [0.2, 0.25) is 0 Å². The van der Waals surface area contributed by atoms with Crippen molar-refractivity contribution in [3.8, 4) is 0 Å². The third-order valence-corrected chi connectivity index (χ3v) is 2.08. The highest BCUT2D eigenvalue weighted by atomic mass is 16.3. The normalized spacial score (nSPS) is 12.8. The molecule has 0 saturated heterocycles. The molecule has 0 radical (unpaired) electrons. The predicted molar refractivity (Wildman–Crippen MR) is 64.1 cm³/mol. The van der Waals surface area contributed by atoms with Crippen LogP contribution in [-0.4, -0.2) is 30.3 Å². The van der Waals surface area contributed by atoms with Gasteiger partial charge in [0.1, 0.15) is 0 Å². The Balaban J connectivity index is 2.19. The van der Waals surface area contributed by atoms with Gasteiger partial charge in [0.2, 0.25) is 0 Å². The number of aliphatic hydroxyl groups is 1. The minimum Gasteiger partial charge on any atom is -0.390 e. The van der Waals surface area contributed by atoms with Gasteiger partial charge in [-0.2, -0.15) is 0 Å². The first-order chi connectivity index (χ1) is 7.18. The second kappa shape index (κ2) is 6.43. The van der Waals surface area contributed by atoms with Crippen LogP contribution in [0.3, 0.4) is 0 Å². The molecule has 3 nitrogen and oxygen atoms in total. The summed E-state index contributed by atoms with van der Waals surface area (Å²) in [5.41, 5.74) is 1.04. The van der Waals surface area contributed by atoms with E-state index >= 15 is 0 Å². The highest BCUT2D eigenvalue weighted by molar-refractivity contribution is 5.42. The monoisotopic (exact) mass is 208 g/mol. The Kier molecular flexibility index (Phi) is 5.15. The number of aliphatic hydroxyl groups excluding tert-OH is 1. The maximum atomic E-state index is 9.63. The molecule has 1 aromatic carbocycles. The van der Waals surface area contributed by atoms with Gasteiger partial charge in [-0.05, 0) is 12.1 Å². The van der Waals surface area contributed by atoms with Gasteiger partial charge >= 0.3 is 0 Å². The van der Waals surface area contributed by atoms with Gasteiger partial charge < -0.3 is 15.7 Å². The number of benzene rings is 1. The number of anilines is 1. The van der Waals surface area contributed by atoms with Crippen molar-refractivity contribution in [1.29, 1.82) is 0 Å². The average Bonchev–Trinajstić information content (AvgIpc) is 2.25. The van der Waals surface area contributed by atoms with Crippen molar-refractivity contribution in [2.45, 2.75) is 26.0 Å². The highest BCUT2D eigenvalue weighted by Gasteiger charge is 2.03. The van der Waals surface area contributed by atoms with E-state index in [0.29, 0.717) is 19.1 Å². The van der Waals surface area contributed by atoms with E-state index in [1.165, 1.54) is 0 Å². The molecule has 84 valence electrons. The zero-order valence-corrected chi connectivity index (χ0v) is 9.40. The molecule has 0 saturated carbocycles. The zero-order chi connectivity index (χ0) is 11.1. The summed E-state index contributed by atoms with van der Waals surface area (Å²) in [7, 11) is 0. The van der Waals surface area contributed by atoms with Crippen LogP contribution < -0.4 is 10.6 Å². The van der Waals surface area contributed by atoms with Gasteiger partial charge in [-0.25, -0.2) is 0 Å². The second-order valence-electron chi connectivity index (χ2n) is 3.96. The van der Waals surface area contributed by atoms with Crippen molar-refractivity contribution in [1.82, 2.24) is 5.32 Å². The number of rotatable bonds is 6. The molecule has 15 heavy (non-hydrogen) atoms. The fraction of sp³-hybridized carbons (Fsp3) is 0.500. The quantitative estimate of drug-likeness (QED) is 0.663. The number of para-hydroxylation sites is 1. The molecule has 0 heterocycles. The molecule has 0 aliphatic heterocycles. The van der Waals surface area contributed by atoms with Crippen LogP contribution in [0.15, 0.2) is 30.3 Å². The number of hydrogen-bond acceptors (Lipinski definition) is 3.